The third kappa shape index (κ3) is 4.39. The Morgan fingerprint density at radius 1 is 1.17 bits per heavy atom. The third-order valence-corrected chi connectivity index (χ3v) is 4.30. The smallest absolute Gasteiger partial charge is 0.349 e. The van der Waals surface area contributed by atoms with Gasteiger partial charge in [-0.25, -0.2) is 4.79 Å². The molecule has 0 fully saturated rings. The van der Waals surface area contributed by atoms with Crippen LogP contribution in [-0.2, 0) is 9.53 Å². The fourth-order valence-electron chi connectivity index (χ4n) is 1.84. The summed E-state index contributed by atoms with van der Waals surface area (Å²) < 4.78 is 15.9. The number of ether oxygens (including phenoxy) is 3. The molecule has 0 saturated carbocycles. The minimum Gasteiger partial charge on any atom is -0.497 e. The van der Waals surface area contributed by atoms with E-state index in [2.05, 4.69) is 5.32 Å². The van der Waals surface area contributed by atoms with Gasteiger partial charge in [-0.1, -0.05) is 11.6 Å². The van der Waals surface area contributed by atoms with E-state index < -0.39 is 18.0 Å². The Morgan fingerprint density at radius 2 is 1.92 bits per heavy atom. The molecule has 0 radical (unpaired) electrons. The van der Waals surface area contributed by atoms with Gasteiger partial charge in [0.15, 0.2) is 6.10 Å². The molecule has 128 valence electrons. The van der Waals surface area contributed by atoms with Gasteiger partial charge in [-0.05, 0) is 31.2 Å². The van der Waals surface area contributed by atoms with Crippen LogP contribution in [0.3, 0.4) is 0 Å². The lowest BCUT2D eigenvalue weighted by molar-refractivity contribution is -0.123. The quantitative estimate of drug-likeness (QED) is 0.787. The summed E-state index contributed by atoms with van der Waals surface area (Å²) in [5.74, 6) is -0.0681. The van der Waals surface area contributed by atoms with Crippen LogP contribution < -0.4 is 14.8 Å². The number of carbonyl (C=O) groups excluding carboxylic acids is 2. The molecule has 0 aliphatic heterocycles. The third-order valence-electron chi connectivity index (χ3n) is 3.09. The van der Waals surface area contributed by atoms with E-state index in [0.717, 1.165) is 11.3 Å². The van der Waals surface area contributed by atoms with Crippen molar-refractivity contribution in [2.24, 2.45) is 0 Å². The SMILES string of the molecule is COc1ccc(OC)c(NC(=O)C(C)OC(=O)c2ccc(Cl)s2)c1. The van der Waals surface area contributed by atoms with Crippen molar-refractivity contribution in [1.29, 1.82) is 0 Å². The van der Waals surface area contributed by atoms with Crippen molar-refractivity contribution >= 4 is 40.5 Å². The summed E-state index contributed by atoms with van der Waals surface area (Å²) in [7, 11) is 3.01. The maximum absolute atomic E-state index is 12.2. The van der Waals surface area contributed by atoms with Crippen molar-refractivity contribution < 1.29 is 23.8 Å². The molecule has 6 nitrogen and oxygen atoms in total. The zero-order valence-corrected chi connectivity index (χ0v) is 14.9. The number of hydrogen-bond acceptors (Lipinski definition) is 6. The molecule has 1 N–H and O–H groups in total. The number of esters is 1. The average Bonchev–Trinajstić information content (AvgIpc) is 3.01. The van der Waals surface area contributed by atoms with Crippen LogP contribution in [0.5, 0.6) is 11.5 Å². The summed E-state index contributed by atoms with van der Waals surface area (Å²) >= 11 is 6.87. The normalized spacial score (nSPS) is 11.5. The molecule has 1 heterocycles. The highest BCUT2D eigenvalue weighted by Crippen LogP contribution is 2.29. The molecule has 24 heavy (non-hydrogen) atoms. The first kappa shape index (κ1) is 18.1. The number of amides is 1. The van der Waals surface area contributed by atoms with Crippen LogP contribution in [0.15, 0.2) is 30.3 Å². The molecule has 1 unspecified atom stereocenters. The van der Waals surface area contributed by atoms with Crippen molar-refractivity contribution in [2.45, 2.75) is 13.0 Å². The van der Waals surface area contributed by atoms with Crippen LogP contribution >= 0.6 is 22.9 Å². The summed E-state index contributed by atoms with van der Waals surface area (Å²) in [4.78, 5) is 24.5. The lowest BCUT2D eigenvalue weighted by Gasteiger charge is -2.15. The molecule has 0 spiro atoms. The predicted molar refractivity (Wildman–Crippen MR) is 92.4 cm³/mol. The van der Waals surface area contributed by atoms with Gasteiger partial charge in [-0.2, -0.15) is 0 Å². The second kappa shape index (κ2) is 8.03. The van der Waals surface area contributed by atoms with E-state index in [0.29, 0.717) is 26.4 Å². The highest BCUT2D eigenvalue weighted by Gasteiger charge is 2.21. The average molecular weight is 370 g/mol. The number of hydrogen-bond donors (Lipinski definition) is 1. The van der Waals surface area contributed by atoms with Crippen LogP contribution in [-0.4, -0.2) is 32.2 Å². The van der Waals surface area contributed by atoms with Crippen LogP contribution in [0, 0.1) is 0 Å². The van der Waals surface area contributed by atoms with E-state index in [9.17, 15) is 9.59 Å². The monoisotopic (exact) mass is 369 g/mol. The first-order valence-corrected chi connectivity index (χ1v) is 8.13. The summed E-state index contributed by atoms with van der Waals surface area (Å²) in [6.45, 7) is 1.48. The molecule has 1 aromatic carbocycles. The number of benzene rings is 1. The fraction of sp³-hybridized carbons (Fsp3) is 0.250. The molecular formula is C16H16ClNO5S. The Hall–Kier alpha value is -2.25. The van der Waals surface area contributed by atoms with Gasteiger partial charge in [0.05, 0.1) is 24.2 Å². The Kier molecular flexibility index (Phi) is 6.05. The van der Waals surface area contributed by atoms with E-state index in [4.69, 9.17) is 25.8 Å². The van der Waals surface area contributed by atoms with Crippen molar-refractivity contribution in [3.05, 3.63) is 39.5 Å². The molecule has 8 heteroatoms. The molecule has 1 atom stereocenters. The van der Waals surface area contributed by atoms with E-state index >= 15 is 0 Å². The van der Waals surface area contributed by atoms with Crippen molar-refractivity contribution in [3.8, 4) is 11.5 Å². The van der Waals surface area contributed by atoms with Crippen LogP contribution in [0.1, 0.15) is 16.6 Å². The highest BCUT2D eigenvalue weighted by molar-refractivity contribution is 7.17. The highest BCUT2D eigenvalue weighted by atomic mass is 35.5. The zero-order valence-electron chi connectivity index (χ0n) is 13.3. The number of methoxy groups -OCH3 is 2. The molecule has 0 bridgehead atoms. The first-order valence-electron chi connectivity index (χ1n) is 6.93. The van der Waals surface area contributed by atoms with Crippen LogP contribution in [0.4, 0.5) is 5.69 Å². The predicted octanol–water partition coefficient (Wildman–Crippen LogP) is 3.60. The van der Waals surface area contributed by atoms with Crippen molar-refractivity contribution in [2.75, 3.05) is 19.5 Å². The molecule has 0 aliphatic carbocycles. The van der Waals surface area contributed by atoms with Crippen LogP contribution in [0.2, 0.25) is 4.34 Å². The van der Waals surface area contributed by atoms with E-state index in [1.54, 1.807) is 30.3 Å². The summed E-state index contributed by atoms with van der Waals surface area (Å²) in [5, 5.41) is 2.65. The lowest BCUT2D eigenvalue weighted by Crippen LogP contribution is -2.29. The summed E-state index contributed by atoms with van der Waals surface area (Å²) in [6.07, 6.45) is -0.991. The van der Waals surface area contributed by atoms with Gasteiger partial charge >= 0.3 is 5.97 Å². The number of carbonyl (C=O) groups is 2. The van der Waals surface area contributed by atoms with E-state index in [1.165, 1.54) is 21.1 Å². The van der Waals surface area contributed by atoms with Gasteiger partial charge in [0, 0.05) is 6.07 Å². The fourth-order valence-corrected chi connectivity index (χ4v) is 2.77. The van der Waals surface area contributed by atoms with Gasteiger partial charge in [-0.3, -0.25) is 4.79 Å². The van der Waals surface area contributed by atoms with E-state index in [1.807, 2.05) is 0 Å². The molecule has 1 aromatic heterocycles. The van der Waals surface area contributed by atoms with Gasteiger partial charge in [-0.15, -0.1) is 11.3 Å². The number of nitrogens with one attached hydrogen (secondary N) is 1. The standard InChI is InChI=1S/C16H16ClNO5S/c1-9(23-16(20)13-6-7-14(17)24-13)15(19)18-11-8-10(21-2)4-5-12(11)22-3/h4-9H,1-3H3,(H,18,19). The molecule has 0 aliphatic rings. The molecular weight excluding hydrogens is 354 g/mol. The molecule has 2 aromatic rings. The Bertz CT molecular complexity index is 746. The number of halogens is 1. The number of thiophene rings is 1. The Morgan fingerprint density at radius 3 is 2.50 bits per heavy atom. The van der Waals surface area contributed by atoms with Gasteiger partial charge in [0.2, 0.25) is 0 Å². The van der Waals surface area contributed by atoms with Gasteiger partial charge < -0.3 is 19.5 Å². The van der Waals surface area contributed by atoms with Crippen LogP contribution in [0.25, 0.3) is 0 Å². The Labute approximate surface area is 148 Å². The van der Waals surface area contributed by atoms with Gasteiger partial charge in [0.1, 0.15) is 16.4 Å². The maximum atomic E-state index is 12.2. The lowest BCUT2D eigenvalue weighted by atomic mass is 10.2. The minimum atomic E-state index is -0.991. The second-order valence-electron chi connectivity index (χ2n) is 4.71. The molecule has 0 saturated heterocycles. The van der Waals surface area contributed by atoms with Gasteiger partial charge in [0.25, 0.3) is 5.91 Å². The largest absolute Gasteiger partial charge is 0.497 e. The topological polar surface area (TPSA) is 73.9 Å². The first-order chi connectivity index (χ1) is 11.4. The summed E-state index contributed by atoms with van der Waals surface area (Å²) in [5.41, 5.74) is 0.420. The minimum absolute atomic E-state index is 0.332. The second-order valence-corrected chi connectivity index (χ2v) is 6.42. The maximum Gasteiger partial charge on any atom is 0.349 e. The number of anilines is 1. The number of rotatable bonds is 6. The summed E-state index contributed by atoms with van der Waals surface area (Å²) in [6, 6.07) is 8.13. The van der Waals surface area contributed by atoms with Crippen molar-refractivity contribution in [1.82, 2.24) is 0 Å². The molecule has 2 rings (SSSR count). The Balaban J connectivity index is 2.05. The molecule has 1 amide bonds. The zero-order chi connectivity index (χ0) is 17.7. The van der Waals surface area contributed by atoms with Crippen molar-refractivity contribution in [3.63, 3.8) is 0 Å². The van der Waals surface area contributed by atoms with E-state index in [-0.39, 0.29) is 0 Å².